The highest BCUT2D eigenvalue weighted by molar-refractivity contribution is 6.31. The number of carbonyl (C=O) groups is 2. The minimum absolute atomic E-state index is 0.0803. The second kappa shape index (κ2) is 8.88. The van der Waals surface area contributed by atoms with Crippen molar-refractivity contribution in [3.63, 3.8) is 0 Å². The van der Waals surface area contributed by atoms with Gasteiger partial charge in [-0.05, 0) is 55.0 Å². The number of rotatable bonds is 6. The van der Waals surface area contributed by atoms with Crippen LogP contribution >= 0.6 is 11.6 Å². The van der Waals surface area contributed by atoms with E-state index >= 15 is 0 Å². The van der Waals surface area contributed by atoms with E-state index < -0.39 is 5.91 Å². The van der Waals surface area contributed by atoms with Gasteiger partial charge in [-0.3, -0.25) is 9.59 Å². The molecular weight excluding hydrogens is 442 g/mol. The van der Waals surface area contributed by atoms with Crippen LogP contribution in [0, 0.1) is 6.92 Å². The Morgan fingerprint density at radius 2 is 1.76 bits per heavy atom. The molecule has 33 heavy (non-hydrogen) atoms. The number of pyridine rings is 1. The summed E-state index contributed by atoms with van der Waals surface area (Å²) in [6, 6.07) is 15.4. The summed E-state index contributed by atoms with van der Waals surface area (Å²) in [5, 5.41) is 3.35. The van der Waals surface area contributed by atoms with Crippen molar-refractivity contribution in [2.75, 3.05) is 25.3 Å². The molecule has 0 saturated heterocycles. The summed E-state index contributed by atoms with van der Waals surface area (Å²) < 4.78 is 12.2. The second-order valence-electron chi connectivity index (χ2n) is 7.41. The second-order valence-corrected chi connectivity index (χ2v) is 7.82. The molecule has 0 bridgehead atoms. The zero-order valence-electron chi connectivity index (χ0n) is 18.3. The van der Waals surface area contributed by atoms with Gasteiger partial charge in [0.15, 0.2) is 11.5 Å². The number of anilines is 2. The fourth-order valence-corrected chi connectivity index (χ4v) is 3.86. The van der Waals surface area contributed by atoms with Gasteiger partial charge in [-0.15, -0.1) is 0 Å². The average Bonchev–Trinajstić information content (AvgIpc) is 3.12. The molecule has 0 saturated carbocycles. The number of hydrogen-bond acceptors (Lipinski definition) is 5. The number of amides is 1. The Morgan fingerprint density at radius 3 is 2.45 bits per heavy atom. The van der Waals surface area contributed by atoms with Crippen LogP contribution < -0.4 is 20.5 Å². The number of ketones is 1. The van der Waals surface area contributed by atoms with Crippen molar-refractivity contribution in [3.05, 3.63) is 88.2 Å². The van der Waals surface area contributed by atoms with Crippen LogP contribution in [0.5, 0.6) is 11.5 Å². The molecule has 4 aromatic rings. The number of nitrogen functional groups attached to an aromatic ring is 1. The minimum atomic E-state index is -0.442. The summed E-state index contributed by atoms with van der Waals surface area (Å²) in [7, 11) is 3.01. The maximum Gasteiger partial charge on any atom is 0.259 e. The quantitative estimate of drug-likeness (QED) is 0.393. The number of hydrogen-bond donors (Lipinski definition) is 2. The highest BCUT2D eigenvalue weighted by Crippen LogP contribution is 2.32. The van der Waals surface area contributed by atoms with Gasteiger partial charge in [0.25, 0.3) is 5.91 Å². The molecule has 0 fully saturated rings. The monoisotopic (exact) mass is 463 g/mol. The van der Waals surface area contributed by atoms with E-state index in [1.54, 1.807) is 59.1 Å². The van der Waals surface area contributed by atoms with Crippen molar-refractivity contribution >= 4 is 40.2 Å². The highest BCUT2D eigenvalue weighted by atomic mass is 35.5. The van der Waals surface area contributed by atoms with Crippen LogP contribution in [0.2, 0.25) is 5.02 Å². The molecule has 0 aliphatic heterocycles. The third kappa shape index (κ3) is 3.99. The molecule has 0 aliphatic rings. The Bertz CT molecular complexity index is 1390. The number of aromatic nitrogens is 1. The first-order valence-electron chi connectivity index (χ1n) is 10.1. The molecule has 2 aromatic heterocycles. The van der Waals surface area contributed by atoms with Crippen molar-refractivity contribution in [2.45, 2.75) is 6.92 Å². The lowest BCUT2D eigenvalue weighted by Crippen LogP contribution is -2.14. The number of benzene rings is 2. The molecule has 8 heteroatoms. The number of carbonyl (C=O) groups excluding carboxylic acids is 2. The van der Waals surface area contributed by atoms with Crippen LogP contribution in [-0.4, -0.2) is 30.3 Å². The highest BCUT2D eigenvalue weighted by Gasteiger charge is 2.27. The first-order valence-corrected chi connectivity index (χ1v) is 10.5. The summed E-state index contributed by atoms with van der Waals surface area (Å²) in [6.45, 7) is 1.87. The summed E-state index contributed by atoms with van der Waals surface area (Å²) in [5.74, 6) is 0.116. The summed E-state index contributed by atoms with van der Waals surface area (Å²) in [4.78, 5) is 26.7. The number of halogens is 1. The van der Waals surface area contributed by atoms with Crippen LogP contribution in [0.1, 0.15) is 32.0 Å². The molecule has 168 valence electrons. The number of fused-ring (bicyclic) bond motifs is 1. The summed E-state index contributed by atoms with van der Waals surface area (Å²) in [6.07, 6.45) is 1.69. The molecule has 2 heterocycles. The Labute approximate surface area is 195 Å². The lowest BCUT2D eigenvalue weighted by atomic mass is 10.1. The van der Waals surface area contributed by atoms with Crippen molar-refractivity contribution in [3.8, 4) is 11.5 Å². The topological polar surface area (TPSA) is 95.1 Å². The van der Waals surface area contributed by atoms with Gasteiger partial charge in [0.05, 0.1) is 31.0 Å². The van der Waals surface area contributed by atoms with E-state index in [0.717, 1.165) is 5.56 Å². The van der Waals surface area contributed by atoms with Crippen LogP contribution in [-0.2, 0) is 0 Å². The van der Waals surface area contributed by atoms with E-state index in [0.29, 0.717) is 33.3 Å². The lowest BCUT2D eigenvalue weighted by molar-refractivity contribution is 0.102. The first-order chi connectivity index (χ1) is 15.8. The zero-order valence-corrected chi connectivity index (χ0v) is 19.1. The fourth-order valence-electron chi connectivity index (χ4n) is 3.68. The van der Waals surface area contributed by atoms with Gasteiger partial charge in [0.2, 0.25) is 5.78 Å². The van der Waals surface area contributed by atoms with Crippen LogP contribution in [0.4, 0.5) is 11.4 Å². The summed E-state index contributed by atoms with van der Waals surface area (Å²) >= 11 is 6.19. The molecule has 0 spiro atoms. The standard InChI is InChI=1S/C25H22ClN3O4/c1-14-7-9-16(13-17(14)26)28-25(31)21-18-6-4-5-11-29(18)23(22(21)27)24(30)15-8-10-19(32-2)20(12-15)33-3/h4-13H,27H2,1-3H3,(H,28,31). The number of nitrogens with two attached hydrogens (primary N) is 1. The third-order valence-electron chi connectivity index (χ3n) is 5.40. The lowest BCUT2D eigenvalue weighted by Gasteiger charge is -2.09. The Balaban J connectivity index is 1.80. The van der Waals surface area contributed by atoms with Gasteiger partial charge in [-0.2, -0.15) is 0 Å². The smallest absolute Gasteiger partial charge is 0.259 e. The van der Waals surface area contributed by atoms with E-state index in [9.17, 15) is 9.59 Å². The molecule has 0 aliphatic carbocycles. The van der Waals surface area contributed by atoms with Gasteiger partial charge in [-0.25, -0.2) is 0 Å². The normalized spacial score (nSPS) is 10.8. The predicted octanol–water partition coefficient (Wildman–Crippen LogP) is 4.98. The van der Waals surface area contributed by atoms with Crippen molar-refractivity contribution in [1.82, 2.24) is 4.40 Å². The molecule has 0 atom stereocenters. The number of ether oxygens (including phenoxy) is 2. The van der Waals surface area contributed by atoms with E-state index in [2.05, 4.69) is 5.32 Å². The third-order valence-corrected chi connectivity index (χ3v) is 5.81. The Morgan fingerprint density at radius 1 is 1.00 bits per heavy atom. The molecule has 0 radical (unpaired) electrons. The average molecular weight is 464 g/mol. The summed E-state index contributed by atoms with van der Waals surface area (Å²) in [5.41, 5.74) is 9.15. The van der Waals surface area contributed by atoms with Gasteiger partial charge < -0.3 is 24.9 Å². The number of aryl methyl sites for hydroxylation is 1. The SMILES string of the molecule is COc1ccc(C(=O)c2c(N)c(C(=O)Nc3ccc(C)c(Cl)c3)c3ccccn23)cc1OC. The maximum atomic E-state index is 13.5. The zero-order chi connectivity index (χ0) is 23.7. The molecule has 7 nitrogen and oxygen atoms in total. The Kier molecular flexibility index (Phi) is 5.98. The van der Waals surface area contributed by atoms with Gasteiger partial charge in [-0.1, -0.05) is 23.7 Å². The molecule has 1 amide bonds. The largest absolute Gasteiger partial charge is 0.493 e. The van der Waals surface area contributed by atoms with Gasteiger partial charge >= 0.3 is 0 Å². The number of nitrogens with zero attached hydrogens (tertiary/aromatic N) is 1. The van der Waals surface area contributed by atoms with Crippen LogP contribution in [0.25, 0.3) is 5.52 Å². The molecule has 3 N–H and O–H groups in total. The first kappa shape index (κ1) is 22.2. The number of methoxy groups -OCH3 is 2. The van der Waals surface area contributed by atoms with Crippen molar-refractivity contribution < 1.29 is 19.1 Å². The van der Waals surface area contributed by atoms with Gasteiger partial charge in [0.1, 0.15) is 5.69 Å². The predicted molar refractivity (Wildman–Crippen MR) is 129 cm³/mol. The fraction of sp³-hybridized carbons (Fsp3) is 0.120. The molecular formula is C25H22ClN3O4. The van der Waals surface area contributed by atoms with Crippen LogP contribution in [0.15, 0.2) is 60.8 Å². The van der Waals surface area contributed by atoms with E-state index in [4.69, 9.17) is 26.8 Å². The minimum Gasteiger partial charge on any atom is -0.493 e. The molecule has 0 unspecified atom stereocenters. The maximum absolute atomic E-state index is 13.5. The van der Waals surface area contributed by atoms with E-state index in [-0.39, 0.29) is 22.7 Å². The molecule has 4 rings (SSSR count). The van der Waals surface area contributed by atoms with E-state index in [1.807, 2.05) is 13.0 Å². The van der Waals surface area contributed by atoms with Crippen molar-refractivity contribution in [2.24, 2.45) is 0 Å². The van der Waals surface area contributed by atoms with E-state index in [1.165, 1.54) is 14.2 Å². The Hall–Kier alpha value is -3.97. The number of nitrogens with one attached hydrogen (secondary N) is 1. The van der Waals surface area contributed by atoms with Gasteiger partial charge in [0, 0.05) is 22.5 Å². The molecule has 2 aromatic carbocycles. The van der Waals surface area contributed by atoms with Crippen molar-refractivity contribution in [1.29, 1.82) is 0 Å². The van der Waals surface area contributed by atoms with Crippen LogP contribution in [0.3, 0.4) is 0 Å².